The van der Waals surface area contributed by atoms with Gasteiger partial charge in [-0.05, 0) is 42.0 Å². The summed E-state index contributed by atoms with van der Waals surface area (Å²) in [6.45, 7) is -4.02. The van der Waals surface area contributed by atoms with Gasteiger partial charge in [-0.2, -0.15) is 0 Å². The van der Waals surface area contributed by atoms with E-state index >= 15 is 0 Å². The van der Waals surface area contributed by atoms with E-state index in [4.69, 9.17) is 18.9 Å². The topological polar surface area (TPSA) is 378 Å². The minimum Gasteiger partial charge on any atom is -0.504 e. The Bertz CT molecular complexity index is 2060. The molecule has 2 aliphatic heterocycles. The zero-order chi connectivity index (χ0) is 43.3. The van der Waals surface area contributed by atoms with Crippen molar-refractivity contribution < 1.29 is 98.8 Å². The Labute approximate surface area is 330 Å². The van der Waals surface area contributed by atoms with Crippen LogP contribution in [-0.2, 0) is 33.3 Å². The number of esters is 3. The van der Waals surface area contributed by atoms with Gasteiger partial charge in [-0.1, -0.05) is 12.1 Å². The van der Waals surface area contributed by atoms with Gasteiger partial charge in [0.1, 0.15) is 50.3 Å². The van der Waals surface area contributed by atoms with E-state index in [1.807, 2.05) is 0 Å². The van der Waals surface area contributed by atoms with E-state index in [0.717, 1.165) is 36.4 Å². The van der Waals surface area contributed by atoms with Gasteiger partial charge in [0.2, 0.25) is 0 Å². The van der Waals surface area contributed by atoms with E-state index < -0.39 is 162 Å². The lowest BCUT2D eigenvalue weighted by Gasteiger charge is -2.40. The van der Waals surface area contributed by atoms with Crippen molar-refractivity contribution in [1.82, 2.24) is 16.0 Å². The van der Waals surface area contributed by atoms with Crippen LogP contribution in [0.25, 0.3) is 0 Å². The van der Waals surface area contributed by atoms with E-state index in [9.17, 15) is 79.8 Å². The predicted octanol–water partition coefficient (Wildman–Crippen LogP) is -3.23. The lowest BCUT2D eigenvalue weighted by molar-refractivity contribution is -0.231. The van der Waals surface area contributed by atoms with Crippen molar-refractivity contribution in [1.29, 1.82) is 0 Å². The van der Waals surface area contributed by atoms with Crippen LogP contribution in [-0.4, -0.2) is 156 Å². The Hall–Kier alpha value is -6.92. The summed E-state index contributed by atoms with van der Waals surface area (Å²) in [6.07, 6.45) is -8.57. The summed E-state index contributed by atoms with van der Waals surface area (Å²) in [5, 5.41) is 108. The van der Waals surface area contributed by atoms with E-state index in [2.05, 4.69) is 16.0 Å². The second-order valence-electron chi connectivity index (χ2n) is 13.0. The van der Waals surface area contributed by atoms with Gasteiger partial charge in [-0.15, -0.1) is 0 Å². The Morgan fingerprint density at radius 1 is 0.559 bits per heavy atom. The molecule has 13 N–H and O–H groups in total. The first kappa shape index (κ1) is 43.2. The highest BCUT2D eigenvalue weighted by Gasteiger charge is 2.44. The third-order valence-corrected chi connectivity index (χ3v) is 9.04. The number of carbonyl (C=O) groups is 6. The van der Waals surface area contributed by atoms with E-state index in [1.54, 1.807) is 0 Å². The van der Waals surface area contributed by atoms with Gasteiger partial charge >= 0.3 is 17.9 Å². The van der Waals surface area contributed by atoms with Crippen molar-refractivity contribution in [2.75, 3.05) is 26.4 Å². The molecule has 2 heterocycles. The summed E-state index contributed by atoms with van der Waals surface area (Å²) >= 11 is 0. The van der Waals surface area contributed by atoms with Crippen LogP contribution in [0, 0.1) is 0 Å². The number of aliphatic hydroxyl groups excluding tert-OH is 4. The number of aliphatic hydroxyl groups is 4. The second kappa shape index (κ2) is 18.1. The number of rotatable bonds is 8. The Balaban J connectivity index is 1.44. The standard InChI is InChI=1S/C36H37N3O20/c40-9-23-27(47)28(48)29(49)30(59-23)13-7-16(26(46)22(43)8-13)33(52)39-19-12-58-35(54)17(37-31(50)14-3-1-5-20(41)24(14)44)10-56-34(53)18(11-57-36(19)55)38-32(51)15-4-2-6-21(42)25(15)45/h1-8,17-19,23,27-30,40-49H,9-12H2,(H,37,50)(H,38,51)(H,39,52)/t17?,18?,19?,23-,27-,28+,29-,30+/m1/s1. The van der Waals surface area contributed by atoms with Crippen molar-refractivity contribution in [3.8, 4) is 34.5 Å². The molecule has 3 aromatic carbocycles. The number of amides is 3. The smallest absolute Gasteiger partial charge is 0.332 e. The van der Waals surface area contributed by atoms with Crippen molar-refractivity contribution in [2.24, 2.45) is 0 Å². The number of para-hydroxylation sites is 2. The number of benzene rings is 3. The number of carbonyl (C=O) groups excluding carboxylic acids is 6. The Morgan fingerprint density at radius 2 is 0.966 bits per heavy atom. The molecule has 3 aromatic rings. The van der Waals surface area contributed by atoms with Crippen LogP contribution >= 0.6 is 0 Å². The van der Waals surface area contributed by atoms with Crippen LogP contribution in [0.5, 0.6) is 34.5 Å². The van der Waals surface area contributed by atoms with Crippen molar-refractivity contribution in [3.63, 3.8) is 0 Å². The van der Waals surface area contributed by atoms with Gasteiger partial charge in [-0.25, -0.2) is 14.4 Å². The molecule has 2 saturated heterocycles. The first-order chi connectivity index (χ1) is 27.9. The minimum atomic E-state index is -2.04. The molecule has 0 radical (unpaired) electrons. The number of cyclic esters (lactones) is 3. The maximum Gasteiger partial charge on any atom is 0.332 e. The van der Waals surface area contributed by atoms with Crippen LogP contribution in [0.3, 0.4) is 0 Å². The first-order valence-corrected chi connectivity index (χ1v) is 17.2. The van der Waals surface area contributed by atoms with Crippen molar-refractivity contribution >= 4 is 35.6 Å². The molecular weight excluding hydrogens is 794 g/mol. The molecule has 0 bridgehead atoms. The highest BCUT2D eigenvalue weighted by Crippen LogP contribution is 2.38. The van der Waals surface area contributed by atoms with Crippen LogP contribution in [0.2, 0.25) is 0 Å². The summed E-state index contributed by atoms with van der Waals surface area (Å²) in [5.41, 5.74) is -2.18. The number of phenolic OH excluding ortho intramolecular Hbond substituents is 6. The number of nitrogens with one attached hydrogen (secondary N) is 3. The molecular formula is C36H37N3O20. The molecule has 316 valence electrons. The SMILES string of the molecule is O=C(NC1COC(=O)C(NC(=O)c2cccc(O)c2O)COC(=O)C(NC(=O)c2cc([C@@H]3O[C@H](CO)[C@@H](O)[C@H](O)[C@H]3O)cc(O)c2O)COC1=O)c1cccc(O)c1O. The number of hydrogen-bond acceptors (Lipinski definition) is 20. The zero-order valence-electron chi connectivity index (χ0n) is 30.1. The third-order valence-electron chi connectivity index (χ3n) is 9.04. The third kappa shape index (κ3) is 9.45. The summed E-state index contributed by atoms with van der Waals surface area (Å²) in [4.78, 5) is 79.8. The molecule has 3 unspecified atom stereocenters. The summed E-state index contributed by atoms with van der Waals surface area (Å²) < 4.78 is 20.9. The summed E-state index contributed by atoms with van der Waals surface area (Å²) in [5.74, 6) is -13.4. The summed E-state index contributed by atoms with van der Waals surface area (Å²) in [7, 11) is 0. The number of hydrogen-bond donors (Lipinski definition) is 13. The van der Waals surface area contributed by atoms with Crippen LogP contribution < -0.4 is 16.0 Å². The van der Waals surface area contributed by atoms with Gasteiger partial charge < -0.3 is 86.0 Å². The van der Waals surface area contributed by atoms with E-state index in [0.29, 0.717) is 0 Å². The maximum absolute atomic E-state index is 13.6. The molecule has 59 heavy (non-hydrogen) atoms. The fourth-order valence-corrected chi connectivity index (χ4v) is 5.80. The van der Waals surface area contributed by atoms with Gasteiger partial charge in [0, 0.05) is 0 Å². The van der Waals surface area contributed by atoms with Crippen molar-refractivity contribution in [2.45, 2.75) is 48.6 Å². The van der Waals surface area contributed by atoms with Gasteiger partial charge in [0.05, 0.1) is 23.3 Å². The summed E-state index contributed by atoms with van der Waals surface area (Å²) in [6, 6.07) is 2.31. The molecule has 0 saturated carbocycles. The van der Waals surface area contributed by atoms with Gasteiger partial charge in [0.25, 0.3) is 17.7 Å². The van der Waals surface area contributed by atoms with Crippen LogP contribution in [0.1, 0.15) is 42.7 Å². The molecule has 2 fully saturated rings. The molecule has 0 spiro atoms. The molecule has 2 aliphatic rings. The molecule has 3 amide bonds. The normalized spacial score (nSPS) is 25.2. The highest BCUT2D eigenvalue weighted by atomic mass is 16.6. The van der Waals surface area contributed by atoms with Gasteiger partial charge in [0.15, 0.2) is 52.6 Å². The fraction of sp³-hybridized carbons (Fsp3) is 0.333. The Kier molecular flexibility index (Phi) is 13.3. The zero-order valence-corrected chi connectivity index (χ0v) is 30.1. The number of phenols is 6. The van der Waals surface area contributed by atoms with E-state index in [-0.39, 0.29) is 5.56 Å². The van der Waals surface area contributed by atoms with Crippen LogP contribution in [0.15, 0.2) is 48.5 Å². The molecule has 0 aliphatic carbocycles. The second-order valence-corrected chi connectivity index (χ2v) is 13.0. The lowest BCUT2D eigenvalue weighted by atomic mass is 9.90. The maximum atomic E-state index is 13.6. The molecule has 8 atom stereocenters. The number of ether oxygens (including phenoxy) is 4. The molecule has 0 aromatic heterocycles. The Morgan fingerprint density at radius 3 is 1.39 bits per heavy atom. The van der Waals surface area contributed by atoms with E-state index in [1.165, 1.54) is 12.1 Å². The molecule has 23 nitrogen and oxygen atoms in total. The number of aromatic hydroxyl groups is 6. The first-order valence-electron chi connectivity index (χ1n) is 17.2. The fourth-order valence-electron chi connectivity index (χ4n) is 5.80. The highest BCUT2D eigenvalue weighted by molar-refractivity contribution is 6.02. The van der Waals surface area contributed by atoms with Gasteiger partial charge in [-0.3, -0.25) is 14.4 Å². The average Bonchev–Trinajstić information content (AvgIpc) is 3.20. The largest absolute Gasteiger partial charge is 0.504 e. The monoisotopic (exact) mass is 831 g/mol. The quantitative estimate of drug-likeness (QED) is 0.0603. The molecule has 23 heteroatoms. The minimum absolute atomic E-state index is 0.277. The lowest BCUT2D eigenvalue weighted by Crippen LogP contribution is -2.55. The van der Waals surface area contributed by atoms with Crippen LogP contribution in [0.4, 0.5) is 0 Å². The molecule has 5 rings (SSSR count). The average molecular weight is 832 g/mol. The van der Waals surface area contributed by atoms with Crippen molar-refractivity contribution in [3.05, 3.63) is 70.8 Å². The predicted molar refractivity (Wildman–Crippen MR) is 189 cm³/mol.